The highest BCUT2D eigenvalue weighted by Gasteiger charge is 2.41. The maximum Gasteiger partial charge on any atom is 0.242 e. The number of thiazole rings is 1. The minimum Gasteiger partial charge on any atom is -0.379 e. The Hall–Kier alpha value is -2.57. The van der Waals surface area contributed by atoms with E-state index in [1.54, 1.807) is 37.3 Å². The number of amides is 4. The second kappa shape index (κ2) is 15.9. The number of carbonyl (C=O) groups excluding carboxylic acids is 4. The molecule has 0 spiro atoms. The van der Waals surface area contributed by atoms with Gasteiger partial charge in [-0.1, -0.05) is 27.2 Å². The number of hydrogen-bond donors (Lipinski definition) is 2. The van der Waals surface area contributed by atoms with Gasteiger partial charge in [0.25, 0.3) is 0 Å². The number of carbonyl (C=O) groups is 4. The van der Waals surface area contributed by atoms with Crippen LogP contribution in [0, 0.1) is 11.8 Å². The standard InChI is InChI=1S/C27H45N5O6S/c1-8-17(2)25(31(5)24(35)16-29-19(4)33)21(37-6)14-23(34)32-12-9-10-20(32)26(38-7)18(3)27(36)30-15-22-28-11-13-39-22/h11,13,17-18,20-21,25-26H,8-10,12,14-16H2,1-7H3,(H,29,33)(H,30,36)/t17-,18+,20-,21+,25-,26+/m0/s1. The van der Waals surface area contributed by atoms with Crippen molar-refractivity contribution in [2.75, 3.05) is 34.4 Å². The van der Waals surface area contributed by atoms with Crippen molar-refractivity contribution in [2.24, 2.45) is 11.8 Å². The summed E-state index contributed by atoms with van der Waals surface area (Å²) in [5.74, 6) is -1.20. The van der Waals surface area contributed by atoms with Crippen molar-refractivity contribution in [1.29, 1.82) is 0 Å². The number of nitrogens with one attached hydrogen (secondary N) is 2. The van der Waals surface area contributed by atoms with Crippen LogP contribution in [-0.4, -0.2) is 97.1 Å². The normalized spacial score (nSPS) is 19.1. The van der Waals surface area contributed by atoms with Crippen molar-refractivity contribution < 1.29 is 28.7 Å². The summed E-state index contributed by atoms with van der Waals surface area (Å²) in [5, 5.41) is 8.16. The maximum absolute atomic E-state index is 13.7. The van der Waals surface area contributed by atoms with Gasteiger partial charge in [0, 0.05) is 46.3 Å². The topological polar surface area (TPSA) is 130 Å². The molecule has 2 heterocycles. The van der Waals surface area contributed by atoms with Gasteiger partial charge in [0.15, 0.2) is 0 Å². The first-order valence-corrected chi connectivity index (χ1v) is 14.4. The Kier molecular flexibility index (Phi) is 13.3. The minimum atomic E-state index is -0.542. The van der Waals surface area contributed by atoms with Gasteiger partial charge in [0.1, 0.15) is 5.01 Å². The highest BCUT2D eigenvalue weighted by atomic mass is 32.1. The lowest BCUT2D eigenvalue weighted by atomic mass is 9.90. The van der Waals surface area contributed by atoms with Gasteiger partial charge in [-0.15, -0.1) is 11.3 Å². The van der Waals surface area contributed by atoms with Crippen LogP contribution in [0.25, 0.3) is 0 Å². The third-order valence-electron chi connectivity index (χ3n) is 7.69. The lowest BCUT2D eigenvalue weighted by Crippen LogP contribution is -2.54. The number of likely N-dealkylation sites (tertiary alicyclic amines) is 1. The van der Waals surface area contributed by atoms with E-state index in [-0.39, 0.29) is 54.6 Å². The van der Waals surface area contributed by atoms with E-state index in [0.717, 1.165) is 24.3 Å². The van der Waals surface area contributed by atoms with Gasteiger partial charge in [-0.25, -0.2) is 4.98 Å². The fourth-order valence-electron chi connectivity index (χ4n) is 5.31. The highest BCUT2D eigenvalue weighted by molar-refractivity contribution is 7.09. The van der Waals surface area contributed by atoms with Crippen molar-refractivity contribution >= 4 is 35.0 Å². The molecule has 1 aliphatic heterocycles. The van der Waals surface area contributed by atoms with Crippen LogP contribution < -0.4 is 10.6 Å². The molecule has 4 amide bonds. The Morgan fingerprint density at radius 2 is 1.92 bits per heavy atom. The molecule has 0 aromatic carbocycles. The summed E-state index contributed by atoms with van der Waals surface area (Å²) < 4.78 is 11.6. The zero-order valence-corrected chi connectivity index (χ0v) is 25.1. The number of likely N-dealkylation sites (N-methyl/N-ethyl adjacent to an activating group) is 1. The van der Waals surface area contributed by atoms with E-state index < -0.39 is 18.1 Å². The first kappa shape index (κ1) is 32.6. The average molecular weight is 568 g/mol. The predicted molar refractivity (Wildman–Crippen MR) is 149 cm³/mol. The Morgan fingerprint density at radius 1 is 1.21 bits per heavy atom. The smallest absolute Gasteiger partial charge is 0.242 e. The molecule has 0 unspecified atom stereocenters. The van der Waals surface area contributed by atoms with Crippen LogP contribution in [0.2, 0.25) is 0 Å². The third kappa shape index (κ3) is 8.97. The summed E-state index contributed by atoms with van der Waals surface area (Å²) >= 11 is 1.48. The molecule has 0 radical (unpaired) electrons. The Bertz CT molecular complexity index is 945. The number of nitrogens with zero attached hydrogens (tertiary/aromatic N) is 3. The molecule has 2 rings (SSSR count). The molecule has 220 valence electrons. The van der Waals surface area contributed by atoms with Gasteiger partial charge in [0.2, 0.25) is 23.6 Å². The molecular formula is C27H45N5O6S. The van der Waals surface area contributed by atoms with E-state index in [1.807, 2.05) is 26.2 Å². The predicted octanol–water partition coefficient (Wildman–Crippen LogP) is 1.82. The van der Waals surface area contributed by atoms with E-state index in [0.29, 0.717) is 13.1 Å². The van der Waals surface area contributed by atoms with Crippen molar-refractivity contribution in [2.45, 2.75) is 84.2 Å². The van der Waals surface area contributed by atoms with Crippen LogP contribution in [0.5, 0.6) is 0 Å². The molecule has 39 heavy (non-hydrogen) atoms. The summed E-state index contributed by atoms with van der Waals surface area (Å²) in [7, 11) is 4.81. The molecule has 12 heteroatoms. The molecule has 0 bridgehead atoms. The number of hydrogen-bond acceptors (Lipinski definition) is 8. The molecular weight excluding hydrogens is 522 g/mol. The Labute approximate surface area is 236 Å². The summed E-state index contributed by atoms with van der Waals surface area (Å²) in [6, 6.07) is -0.609. The van der Waals surface area contributed by atoms with E-state index in [4.69, 9.17) is 9.47 Å². The molecule has 0 saturated carbocycles. The van der Waals surface area contributed by atoms with E-state index in [2.05, 4.69) is 15.6 Å². The summed E-state index contributed by atoms with van der Waals surface area (Å²) in [6.07, 6.45) is 3.09. The van der Waals surface area contributed by atoms with E-state index in [1.165, 1.54) is 18.3 Å². The molecule has 1 saturated heterocycles. The van der Waals surface area contributed by atoms with Gasteiger partial charge in [-0.3, -0.25) is 19.2 Å². The van der Waals surface area contributed by atoms with Gasteiger partial charge in [-0.2, -0.15) is 0 Å². The molecule has 11 nitrogen and oxygen atoms in total. The van der Waals surface area contributed by atoms with E-state index >= 15 is 0 Å². The van der Waals surface area contributed by atoms with Crippen LogP contribution in [0.1, 0.15) is 58.4 Å². The fourth-order valence-corrected chi connectivity index (χ4v) is 5.87. The van der Waals surface area contributed by atoms with Gasteiger partial charge in [0.05, 0.1) is 49.7 Å². The quantitative estimate of drug-likeness (QED) is 0.331. The molecule has 6 atom stereocenters. The first-order chi connectivity index (χ1) is 18.5. The maximum atomic E-state index is 13.7. The zero-order valence-electron chi connectivity index (χ0n) is 24.3. The highest BCUT2D eigenvalue weighted by Crippen LogP contribution is 2.29. The lowest BCUT2D eigenvalue weighted by Gasteiger charge is -2.39. The average Bonchev–Trinajstić information content (AvgIpc) is 3.62. The van der Waals surface area contributed by atoms with Crippen LogP contribution in [0.15, 0.2) is 11.6 Å². The number of methoxy groups -OCH3 is 2. The Balaban J connectivity index is 2.12. The molecule has 1 aliphatic rings. The molecule has 1 fully saturated rings. The number of rotatable bonds is 15. The number of aromatic nitrogens is 1. The summed E-state index contributed by atoms with van der Waals surface area (Å²) in [5.41, 5.74) is 0. The first-order valence-electron chi connectivity index (χ1n) is 13.6. The van der Waals surface area contributed by atoms with Gasteiger partial charge >= 0.3 is 0 Å². The van der Waals surface area contributed by atoms with E-state index in [9.17, 15) is 19.2 Å². The molecule has 2 N–H and O–H groups in total. The second-order valence-corrected chi connectivity index (χ2v) is 11.2. The van der Waals surface area contributed by atoms with Crippen molar-refractivity contribution in [3.05, 3.63) is 16.6 Å². The minimum absolute atomic E-state index is 0.0525. The van der Waals surface area contributed by atoms with Crippen molar-refractivity contribution in [3.8, 4) is 0 Å². The largest absolute Gasteiger partial charge is 0.379 e. The monoisotopic (exact) mass is 567 g/mol. The van der Waals surface area contributed by atoms with Gasteiger partial charge < -0.3 is 29.9 Å². The van der Waals surface area contributed by atoms with Crippen molar-refractivity contribution in [3.63, 3.8) is 0 Å². The van der Waals surface area contributed by atoms with Crippen LogP contribution in [0.4, 0.5) is 0 Å². The Morgan fingerprint density at radius 3 is 2.49 bits per heavy atom. The lowest BCUT2D eigenvalue weighted by molar-refractivity contribution is -0.145. The zero-order chi connectivity index (χ0) is 29.1. The summed E-state index contributed by atoms with van der Waals surface area (Å²) in [6.45, 7) is 8.04. The second-order valence-electron chi connectivity index (χ2n) is 10.2. The van der Waals surface area contributed by atoms with Gasteiger partial charge in [-0.05, 0) is 18.8 Å². The van der Waals surface area contributed by atoms with Crippen LogP contribution >= 0.6 is 11.3 Å². The molecule has 1 aromatic rings. The SMILES string of the molecule is CC[C@H](C)[C@@H]([C@@H](CC(=O)N1CCC[C@H]1[C@H](OC)[C@@H](C)C(=O)NCc1nccs1)OC)N(C)C(=O)CNC(C)=O. The fraction of sp³-hybridized carbons (Fsp3) is 0.741. The third-order valence-corrected chi connectivity index (χ3v) is 8.47. The molecule has 0 aliphatic carbocycles. The summed E-state index contributed by atoms with van der Waals surface area (Å²) in [4.78, 5) is 58.3. The van der Waals surface area contributed by atoms with Crippen LogP contribution in [0.3, 0.4) is 0 Å². The van der Waals surface area contributed by atoms with Crippen LogP contribution in [-0.2, 0) is 35.2 Å². The van der Waals surface area contributed by atoms with Crippen molar-refractivity contribution in [1.82, 2.24) is 25.4 Å². The number of ether oxygens (including phenoxy) is 2. The molecule has 1 aromatic heterocycles.